The molecule has 0 fully saturated rings. The number of pyridine rings is 2. The molecule has 260 valence electrons. The second-order valence-electron chi connectivity index (χ2n) is 14.0. The van der Waals surface area contributed by atoms with Crippen LogP contribution in [-0.2, 0) is 6.42 Å². The van der Waals surface area contributed by atoms with Gasteiger partial charge in [0.25, 0.3) is 0 Å². The lowest BCUT2D eigenvalue weighted by Crippen LogP contribution is -1.94. The van der Waals surface area contributed by atoms with Crippen molar-refractivity contribution in [2.75, 3.05) is 5.73 Å². The molecule has 4 heteroatoms. The lowest BCUT2D eigenvalue weighted by molar-refractivity contribution is 0.669. The molecule has 0 unspecified atom stereocenters. The van der Waals surface area contributed by atoms with Gasteiger partial charge in [0.1, 0.15) is 11.2 Å². The third-order valence-electron chi connectivity index (χ3n) is 10.5. The molecule has 0 aliphatic carbocycles. The summed E-state index contributed by atoms with van der Waals surface area (Å²) in [6.07, 6.45) is 8.88. The van der Waals surface area contributed by atoms with E-state index >= 15 is 0 Å². The van der Waals surface area contributed by atoms with Gasteiger partial charge in [-0.2, -0.15) is 0 Å². The van der Waals surface area contributed by atoms with Crippen molar-refractivity contribution in [1.29, 1.82) is 0 Å². The summed E-state index contributed by atoms with van der Waals surface area (Å²) < 4.78 is 6.54. The van der Waals surface area contributed by atoms with Crippen LogP contribution in [0.5, 0.6) is 0 Å². The summed E-state index contributed by atoms with van der Waals surface area (Å²) in [6.45, 7) is 0. The van der Waals surface area contributed by atoms with E-state index in [2.05, 4.69) is 158 Å². The molecule has 0 bridgehead atoms. The van der Waals surface area contributed by atoms with E-state index in [4.69, 9.17) is 20.1 Å². The van der Waals surface area contributed by atoms with Gasteiger partial charge in [-0.05, 0) is 99.5 Å². The number of allylic oxidation sites excluding steroid dienone is 1. The summed E-state index contributed by atoms with van der Waals surface area (Å²) in [6, 6.07) is 57.4. The lowest BCUT2D eigenvalue weighted by atomic mass is 9.92. The smallest absolute Gasteiger partial charge is 0.136 e. The molecule has 3 heterocycles. The van der Waals surface area contributed by atoms with E-state index in [0.29, 0.717) is 5.69 Å². The maximum atomic E-state index is 6.73. The van der Waals surface area contributed by atoms with Crippen molar-refractivity contribution in [2.24, 2.45) is 0 Å². The highest BCUT2D eigenvalue weighted by Crippen LogP contribution is 2.40. The maximum absolute atomic E-state index is 6.73. The van der Waals surface area contributed by atoms with Crippen LogP contribution < -0.4 is 5.73 Å². The molecule has 0 aliphatic heterocycles. The van der Waals surface area contributed by atoms with Gasteiger partial charge in [-0.15, -0.1) is 0 Å². The van der Waals surface area contributed by atoms with Crippen molar-refractivity contribution < 1.29 is 4.42 Å². The number of para-hydroxylation sites is 1. The SMILES string of the molecule is Nc1c(/C=C\Cc2ccccc2)ccc2cc(-c3cc(-c4ccc5c(c4)oc4cccc(-c6ccccc6)c45)cc(-c4cccc5cccnc45)c3)cnc12. The van der Waals surface area contributed by atoms with Crippen LogP contribution in [0.4, 0.5) is 5.69 Å². The zero-order valence-corrected chi connectivity index (χ0v) is 30.0. The Kier molecular flexibility index (Phi) is 8.00. The number of hydrogen-bond acceptors (Lipinski definition) is 4. The molecule has 0 aliphatic rings. The van der Waals surface area contributed by atoms with E-state index in [9.17, 15) is 0 Å². The van der Waals surface area contributed by atoms with Crippen molar-refractivity contribution in [2.45, 2.75) is 6.42 Å². The number of hydrogen-bond donors (Lipinski definition) is 1. The second-order valence-corrected chi connectivity index (χ2v) is 14.0. The van der Waals surface area contributed by atoms with Gasteiger partial charge >= 0.3 is 0 Å². The Morgan fingerprint density at radius 1 is 0.509 bits per heavy atom. The van der Waals surface area contributed by atoms with Crippen molar-refractivity contribution >= 4 is 55.5 Å². The van der Waals surface area contributed by atoms with Gasteiger partial charge in [0, 0.05) is 45.1 Å². The molecule has 2 N–H and O–H groups in total. The Morgan fingerprint density at radius 3 is 2.15 bits per heavy atom. The average Bonchev–Trinajstić information content (AvgIpc) is 3.63. The Morgan fingerprint density at radius 2 is 1.27 bits per heavy atom. The number of nitrogen functional groups attached to an aromatic ring is 1. The second kappa shape index (κ2) is 13.6. The van der Waals surface area contributed by atoms with Gasteiger partial charge < -0.3 is 10.2 Å². The lowest BCUT2D eigenvalue weighted by Gasteiger charge is -2.13. The van der Waals surface area contributed by atoms with E-state index in [1.54, 1.807) is 0 Å². The molecule has 0 radical (unpaired) electrons. The summed E-state index contributed by atoms with van der Waals surface area (Å²) in [4.78, 5) is 9.76. The van der Waals surface area contributed by atoms with Crippen LogP contribution in [0.25, 0.3) is 94.3 Å². The van der Waals surface area contributed by atoms with E-state index in [0.717, 1.165) is 94.7 Å². The van der Waals surface area contributed by atoms with Gasteiger partial charge in [-0.1, -0.05) is 127 Å². The fraction of sp³-hybridized carbons (Fsp3) is 0.0196. The number of fused-ring (bicyclic) bond motifs is 5. The van der Waals surface area contributed by atoms with Gasteiger partial charge in [-0.25, -0.2) is 0 Å². The van der Waals surface area contributed by atoms with Crippen LogP contribution in [-0.4, -0.2) is 9.97 Å². The summed E-state index contributed by atoms with van der Waals surface area (Å²) in [5.41, 5.74) is 21.8. The molecule has 10 rings (SSSR count). The number of furan rings is 1. The first-order valence-corrected chi connectivity index (χ1v) is 18.6. The Labute approximate surface area is 318 Å². The maximum Gasteiger partial charge on any atom is 0.136 e. The molecular formula is C51H35N3O. The summed E-state index contributed by atoms with van der Waals surface area (Å²) >= 11 is 0. The van der Waals surface area contributed by atoms with Crippen molar-refractivity contribution in [1.82, 2.24) is 9.97 Å². The number of rotatable bonds is 7. The predicted octanol–water partition coefficient (Wildman–Crippen LogP) is 13.2. The number of aromatic nitrogens is 2. The molecule has 3 aromatic heterocycles. The van der Waals surface area contributed by atoms with Crippen LogP contribution in [0, 0.1) is 0 Å². The first kappa shape index (κ1) is 32.4. The normalized spacial score (nSPS) is 11.7. The van der Waals surface area contributed by atoms with E-state index < -0.39 is 0 Å². The minimum absolute atomic E-state index is 0.680. The van der Waals surface area contributed by atoms with E-state index in [1.807, 2.05) is 30.6 Å². The average molecular weight is 706 g/mol. The summed E-state index contributed by atoms with van der Waals surface area (Å²) in [5, 5.41) is 4.31. The first-order valence-electron chi connectivity index (χ1n) is 18.6. The van der Waals surface area contributed by atoms with Crippen LogP contribution >= 0.6 is 0 Å². The molecule has 0 spiro atoms. The molecule has 55 heavy (non-hydrogen) atoms. The molecule has 7 aromatic carbocycles. The fourth-order valence-corrected chi connectivity index (χ4v) is 7.80. The predicted molar refractivity (Wildman–Crippen MR) is 230 cm³/mol. The van der Waals surface area contributed by atoms with Crippen LogP contribution in [0.1, 0.15) is 11.1 Å². The Bertz CT molecular complexity index is 3070. The zero-order valence-electron chi connectivity index (χ0n) is 30.0. The highest BCUT2D eigenvalue weighted by atomic mass is 16.3. The van der Waals surface area contributed by atoms with E-state index in [1.165, 1.54) is 11.1 Å². The van der Waals surface area contributed by atoms with Crippen LogP contribution in [0.15, 0.2) is 187 Å². The number of anilines is 1. The number of nitrogens with two attached hydrogens (primary N) is 1. The minimum atomic E-state index is 0.680. The molecule has 0 atom stereocenters. The largest absolute Gasteiger partial charge is 0.456 e. The van der Waals surface area contributed by atoms with Gasteiger partial charge in [-0.3, -0.25) is 9.97 Å². The monoisotopic (exact) mass is 705 g/mol. The molecule has 0 saturated carbocycles. The van der Waals surface area contributed by atoms with Crippen LogP contribution in [0.3, 0.4) is 0 Å². The molecular weight excluding hydrogens is 671 g/mol. The minimum Gasteiger partial charge on any atom is -0.456 e. The fourth-order valence-electron chi connectivity index (χ4n) is 7.80. The third kappa shape index (κ3) is 6.00. The number of nitrogens with zero attached hydrogens (tertiary/aromatic N) is 2. The highest BCUT2D eigenvalue weighted by molar-refractivity contribution is 6.13. The molecule has 10 aromatic rings. The number of benzene rings is 7. The molecule has 4 nitrogen and oxygen atoms in total. The molecule has 0 amide bonds. The van der Waals surface area contributed by atoms with Crippen LogP contribution in [0.2, 0.25) is 0 Å². The first-order chi connectivity index (χ1) is 27.2. The topological polar surface area (TPSA) is 64.9 Å². The Balaban J connectivity index is 1.09. The Hall–Kier alpha value is -7.30. The summed E-state index contributed by atoms with van der Waals surface area (Å²) in [5.74, 6) is 0. The third-order valence-corrected chi connectivity index (χ3v) is 10.5. The quantitative estimate of drug-likeness (QED) is 0.168. The summed E-state index contributed by atoms with van der Waals surface area (Å²) in [7, 11) is 0. The standard InChI is InChI=1S/C51H35N3O/c52-49-35(16-7-13-33-11-3-1-4-12-33)22-23-38-27-42(32-54-51(38)49)40-28-39(29-41(30-40)44-20-8-17-36-18-10-26-53-50(36)44)37-24-25-45-47(31-37)55-46-21-9-19-43(48(45)46)34-14-5-2-6-15-34/h1-12,14-32H,13,52H2/b16-7-. The van der Waals surface area contributed by atoms with Gasteiger partial charge in [0.05, 0.1) is 16.7 Å². The molecule has 0 saturated heterocycles. The zero-order chi connectivity index (χ0) is 36.7. The van der Waals surface area contributed by atoms with Crippen molar-refractivity contribution in [3.63, 3.8) is 0 Å². The highest BCUT2D eigenvalue weighted by Gasteiger charge is 2.16. The van der Waals surface area contributed by atoms with Crippen molar-refractivity contribution in [3.05, 3.63) is 193 Å². The van der Waals surface area contributed by atoms with E-state index in [-0.39, 0.29) is 0 Å². The van der Waals surface area contributed by atoms with Gasteiger partial charge in [0.15, 0.2) is 0 Å². The van der Waals surface area contributed by atoms with Gasteiger partial charge in [0.2, 0.25) is 0 Å². The van der Waals surface area contributed by atoms with Crippen molar-refractivity contribution in [3.8, 4) is 44.5 Å².